The van der Waals surface area contributed by atoms with Gasteiger partial charge >= 0.3 is 6.09 Å². The molecule has 0 aliphatic rings. The van der Waals surface area contributed by atoms with Crippen molar-refractivity contribution < 1.29 is 19.1 Å². The maximum absolute atomic E-state index is 12.0. The van der Waals surface area contributed by atoms with Gasteiger partial charge in [-0.15, -0.1) is 0 Å². The van der Waals surface area contributed by atoms with E-state index in [-0.39, 0.29) is 0 Å². The average molecular weight is 249 g/mol. The number of rotatable bonds is 1. The third-order valence-corrected chi connectivity index (χ3v) is 2.40. The molecule has 0 saturated carbocycles. The topological polar surface area (TPSA) is 44.3 Å². The molecule has 2 aromatic heterocycles. The summed E-state index contributed by atoms with van der Waals surface area (Å²) in [6.45, 7) is 5.52. The Bertz CT molecular complexity index is 581. The largest absolute Gasteiger partial charge is 0.443 e. The molecule has 0 fully saturated rings. The van der Waals surface area contributed by atoms with Crippen LogP contribution in [0.4, 0.5) is 4.79 Å². The van der Waals surface area contributed by atoms with E-state index in [1.807, 2.05) is 39.0 Å². The van der Waals surface area contributed by atoms with Crippen LogP contribution in [0.25, 0.3) is 11.0 Å². The van der Waals surface area contributed by atoms with E-state index in [4.69, 9.17) is 9.57 Å². The number of nitrogens with zero attached hydrogens (tertiary/aromatic N) is 2. The summed E-state index contributed by atoms with van der Waals surface area (Å²) in [5.74, 6) is 0. The molecular formula is C13H17N2O3+. The van der Waals surface area contributed by atoms with Gasteiger partial charge in [0.05, 0.1) is 0 Å². The summed E-state index contributed by atoms with van der Waals surface area (Å²) in [6, 6.07) is 5.46. The Kier molecular flexibility index (Phi) is 2.98. The van der Waals surface area contributed by atoms with Gasteiger partial charge in [-0.3, -0.25) is 4.84 Å². The minimum atomic E-state index is -0.514. The third-order valence-electron chi connectivity index (χ3n) is 2.40. The van der Waals surface area contributed by atoms with Gasteiger partial charge in [-0.05, 0) is 26.8 Å². The number of ether oxygens (including phenoxy) is 1. The molecule has 0 bridgehead atoms. The zero-order valence-corrected chi connectivity index (χ0v) is 11.0. The monoisotopic (exact) mass is 249 g/mol. The van der Waals surface area contributed by atoms with Crippen molar-refractivity contribution in [3.8, 4) is 0 Å². The Balaban J connectivity index is 2.44. The van der Waals surface area contributed by atoms with Gasteiger partial charge in [0.1, 0.15) is 18.2 Å². The Morgan fingerprint density at radius 1 is 1.33 bits per heavy atom. The summed E-state index contributed by atoms with van der Waals surface area (Å²) >= 11 is 0. The molecule has 5 heteroatoms. The molecule has 5 nitrogen and oxygen atoms in total. The van der Waals surface area contributed by atoms with Crippen LogP contribution in [0.15, 0.2) is 30.6 Å². The van der Waals surface area contributed by atoms with E-state index in [2.05, 4.69) is 0 Å². The maximum Gasteiger partial charge on any atom is 0.419 e. The molecule has 2 rings (SSSR count). The van der Waals surface area contributed by atoms with Crippen molar-refractivity contribution in [1.29, 1.82) is 0 Å². The first-order valence-corrected chi connectivity index (χ1v) is 5.72. The van der Waals surface area contributed by atoms with Crippen LogP contribution >= 0.6 is 0 Å². The number of hydrogen-bond donors (Lipinski definition) is 0. The van der Waals surface area contributed by atoms with Gasteiger partial charge in [0, 0.05) is 23.1 Å². The SMILES string of the molecule is CO[n+]1cccc2c1ccn2C(=O)OC(C)(C)C. The summed E-state index contributed by atoms with van der Waals surface area (Å²) in [5, 5.41) is 0. The molecular weight excluding hydrogens is 232 g/mol. The molecule has 2 heterocycles. The van der Waals surface area contributed by atoms with Crippen LogP contribution in [0.3, 0.4) is 0 Å². The van der Waals surface area contributed by atoms with Crippen LogP contribution in [0.2, 0.25) is 0 Å². The van der Waals surface area contributed by atoms with Crippen LogP contribution in [0.1, 0.15) is 20.8 Å². The Labute approximate surface area is 105 Å². The molecule has 2 aromatic rings. The van der Waals surface area contributed by atoms with Crippen molar-refractivity contribution >= 4 is 17.1 Å². The highest BCUT2D eigenvalue weighted by atomic mass is 16.6. The number of carbonyl (C=O) groups is 1. The lowest BCUT2D eigenvalue weighted by Crippen LogP contribution is -2.40. The van der Waals surface area contributed by atoms with Gasteiger partial charge in [-0.2, -0.15) is 0 Å². The lowest BCUT2D eigenvalue weighted by Gasteiger charge is -2.19. The van der Waals surface area contributed by atoms with Gasteiger partial charge in [0.2, 0.25) is 6.20 Å². The second-order valence-corrected chi connectivity index (χ2v) is 4.95. The lowest BCUT2D eigenvalue weighted by molar-refractivity contribution is -0.865. The van der Waals surface area contributed by atoms with E-state index in [0.29, 0.717) is 0 Å². The molecule has 0 aliphatic carbocycles. The van der Waals surface area contributed by atoms with Gasteiger partial charge in [-0.1, -0.05) is 0 Å². The maximum atomic E-state index is 12.0. The number of fused-ring (bicyclic) bond motifs is 1. The molecule has 0 amide bonds. The van der Waals surface area contributed by atoms with Gasteiger partial charge < -0.3 is 4.74 Å². The van der Waals surface area contributed by atoms with Gasteiger partial charge in [0.25, 0.3) is 5.52 Å². The average Bonchev–Trinajstić information content (AvgIpc) is 2.69. The zero-order chi connectivity index (χ0) is 13.3. The fourth-order valence-corrected chi connectivity index (χ4v) is 1.71. The predicted molar refractivity (Wildman–Crippen MR) is 66.3 cm³/mol. The highest BCUT2D eigenvalue weighted by Crippen LogP contribution is 2.15. The van der Waals surface area contributed by atoms with Crippen LogP contribution < -0.4 is 9.57 Å². The Morgan fingerprint density at radius 2 is 2.06 bits per heavy atom. The number of carbonyl (C=O) groups excluding carboxylic acids is 1. The van der Waals surface area contributed by atoms with Crippen LogP contribution in [0.5, 0.6) is 0 Å². The normalized spacial score (nSPS) is 11.6. The summed E-state index contributed by atoms with van der Waals surface area (Å²) in [6.07, 6.45) is 3.06. The van der Waals surface area contributed by atoms with E-state index >= 15 is 0 Å². The molecule has 0 aliphatic heterocycles. The second-order valence-electron chi connectivity index (χ2n) is 4.95. The molecule has 0 radical (unpaired) electrons. The second kappa shape index (κ2) is 4.33. The zero-order valence-electron chi connectivity index (χ0n) is 11.0. The third kappa shape index (κ3) is 2.30. The van der Waals surface area contributed by atoms with Gasteiger partial charge in [-0.25, -0.2) is 9.36 Å². The first-order valence-electron chi connectivity index (χ1n) is 5.72. The van der Waals surface area contributed by atoms with Crippen molar-refractivity contribution in [3.05, 3.63) is 30.6 Å². The van der Waals surface area contributed by atoms with Crippen molar-refractivity contribution in [2.75, 3.05) is 7.11 Å². The van der Waals surface area contributed by atoms with Crippen molar-refractivity contribution in [1.82, 2.24) is 4.57 Å². The molecule has 0 atom stereocenters. The van der Waals surface area contributed by atoms with Crippen molar-refractivity contribution in [2.45, 2.75) is 26.4 Å². The predicted octanol–water partition coefficient (Wildman–Crippen LogP) is 1.77. The molecule has 0 N–H and O–H groups in total. The first-order chi connectivity index (χ1) is 8.42. The summed E-state index contributed by atoms with van der Waals surface area (Å²) < 4.78 is 8.40. The number of aromatic nitrogens is 2. The minimum absolute atomic E-state index is 0.397. The fourth-order valence-electron chi connectivity index (χ4n) is 1.71. The standard InChI is InChI=1S/C13H17N2O3/c1-13(2,3)18-12(16)14-9-7-11-10(14)6-5-8-15(11)17-4/h5-9H,1-4H3/q+1. The minimum Gasteiger partial charge on any atom is -0.443 e. The van der Waals surface area contributed by atoms with Crippen molar-refractivity contribution in [3.63, 3.8) is 0 Å². The van der Waals surface area contributed by atoms with Gasteiger partial charge in [0.15, 0.2) is 0 Å². The van der Waals surface area contributed by atoms with E-state index in [1.165, 1.54) is 4.57 Å². The molecule has 0 saturated heterocycles. The van der Waals surface area contributed by atoms with Crippen molar-refractivity contribution in [2.24, 2.45) is 0 Å². The van der Waals surface area contributed by atoms with E-state index < -0.39 is 11.7 Å². The van der Waals surface area contributed by atoms with E-state index in [0.717, 1.165) is 11.0 Å². The highest BCUT2D eigenvalue weighted by Gasteiger charge is 2.21. The summed E-state index contributed by atoms with van der Waals surface area (Å²) in [5.41, 5.74) is 1.04. The molecule has 18 heavy (non-hydrogen) atoms. The Hall–Kier alpha value is -2.04. The molecule has 96 valence electrons. The summed E-state index contributed by atoms with van der Waals surface area (Å²) in [7, 11) is 1.57. The van der Waals surface area contributed by atoms with E-state index in [9.17, 15) is 4.79 Å². The van der Waals surface area contributed by atoms with E-state index in [1.54, 1.807) is 24.2 Å². The summed E-state index contributed by atoms with van der Waals surface area (Å²) in [4.78, 5) is 17.2. The quantitative estimate of drug-likeness (QED) is 0.723. The van der Waals surface area contributed by atoms with Crippen LogP contribution in [-0.4, -0.2) is 23.4 Å². The molecule has 0 spiro atoms. The number of hydrogen-bond acceptors (Lipinski definition) is 3. The van der Waals surface area contributed by atoms with Crippen LogP contribution in [-0.2, 0) is 4.74 Å². The number of pyridine rings is 1. The molecule has 0 unspecified atom stereocenters. The van der Waals surface area contributed by atoms with Crippen LogP contribution in [0, 0.1) is 0 Å². The smallest absolute Gasteiger partial charge is 0.419 e. The highest BCUT2D eigenvalue weighted by molar-refractivity contribution is 5.85. The molecule has 0 aromatic carbocycles. The Morgan fingerprint density at radius 3 is 2.67 bits per heavy atom. The first kappa shape index (κ1) is 12.4. The lowest BCUT2D eigenvalue weighted by atomic mass is 10.2. The fraction of sp³-hybridized carbons (Fsp3) is 0.385.